The van der Waals surface area contributed by atoms with Crippen LogP contribution in [0.1, 0.15) is 11.3 Å². The van der Waals surface area contributed by atoms with Crippen molar-refractivity contribution in [2.75, 3.05) is 0 Å². The first-order valence-corrected chi connectivity index (χ1v) is 3.18. The summed E-state index contributed by atoms with van der Waals surface area (Å²) >= 11 is 0. The fraction of sp³-hybridized carbons (Fsp3) is 0.333. The van der Waals surface area contributed by atoms with E-state index < -0.39 is 11.9 Å². The van der Waals surface area contributed by atoms with Crippen molar-refractivity contribution in [1.29, 1.82) is 0 Å². The second-order valence-electron chi connectivity index (χ2n) is 2.18. The van der Waals surface area contributed by atoms with Crippen LogP contribution in [-0.2, 0) is 17.5 Å². The first kappa shape index (κ1) is 9.47. The summed E-state index contributed by atoms with van der Waals surface area (Å²) in [6.07, 6.45) is -2.37. The van der Waals surface area contributed by atoms with E-state index >= 15 is 0 Å². The van der Waals surface area contributed by atoms with Gasteiger partial charge < -0.3 is 0 Å². The van der Waals surface area contributed by atoms with Gasteiger partial charge in [0.25, 0.3) is 0 Å². The molecule has 1 aromatic heterocycles. The van der Waals surface area contributed by atoms with E-state index in [1.165, 1.54) is 0 Å². The summed E-state index contributed by atoms with van der Waals surface area (Å²) in [4.78, 5) is 12.7. The zero-order valence-corrected chi connectivity index (χ0v) is 6.22. The fourth-order valence-corrected chi connectivity index (χ4v) is 0.794. The van der Waals surface area contributed by atoms with E-state index in [9.17, 15) is 18.0 Å². The van der Waals surface area contributed by atoms with Crippen LogP contribution in [-0.4, -0.2) is 16.3 Å². The lowest BCUT2D eigenvalue weighted by Crippen LogP contribution is -2.08. The smallest absolute Gasteiger partial charge is 0.273 e. The van der Waals surface area contributed by atoms with Crippen LogP contribution in [0.5, 0.6) is 0 Å². The Kier molecular flexibility index (Phi) is 2.48. The summed E-state index contributed by atoms with van der Waals surface area (Å²) < 4.78 is 36.3. The van der Waals surface area contributed by atoms with Crippen LogP contribution in [0.4, 0.5) is 13.2 Å². The van der Waals surface area contributed by atoms with Crippen LogP contribution in [0.15, 0.2) is 11.2 Å². The van der Waals surface area contributed by atoms with Gasteiger partial charge in [-0.15, -0.1) is 0 Å². The van der Waals surface area contributed by atoms with Crippen LogP contribution in [0.3, 0.4) is 0 Å². The molecule has 0 atom stereocenters. The number of aromatic amines is 1. The number of nitrogens with zero attached hydrogens (tertiary/aromatic N) is 2. The summed E-state index contributed by atoms with van der Waals surface area (Å²) in [5.41, 5.74) is -1.15. The molecule has 0 aliphatic rings. The first-order valence-electron chi connectivity index (χ1n) is 3.18. The molecule has 1 rings (SSSR count). The predicted octanol–water partition coefficient (Wildman–Crippen LogP) is 1.26. The molecule has 0 unspecified atom stereocenters. The van der Waals surface area contributed by atoms with Crippen molar-refractivity contribution >= 4 is 6.08 Å². The van der Waals surface area contributed by atoms with Gasteiger partial charge in [0.1, 0.15) is 5.69 Å². The third-order valence-corrected chi connectivity index (χ3v) is 1.32. The Morgan fingerprint density at radius 2 is 2.31 bits per heavy atom. The molecule has 0 amide bonds. The molecule has 0 saturated carbocycles. The molecule has 70 valence electrons. The quantitative estimate of drug-likeness (QED) is 0.565. The molecule has 0 spiro atoms. The van der Waals surface area contributed by atoms with Gasteiger partial charge in [0, 0.05) is 5.56 Å². The number of rotatable bonds is 2. The van der Waals surface area contributed by atoms with Gasteiger partial charge in [0.05, 0.1) is 12.7 Å². The average Bonchev–Trinajstić information content (AvgIpc) is 2.47. The van der Waals surface area contributed by atoms with E-state index in [-0.39, 0.29) is 12.1 Å². The van der Waals surface area contributed by atoms with Crippen molar-refractivity contribution in [3.05, 3.63) is 17.5 Å². The highest BCUT2D eigenvalue weighted by molar-refractivity contribution is 5.34. The molecule has 7 heteroatoms. The zero-order valence-electron chi connectivity index (χ0n) is 6.22. The Morgan fingerprint density at radius 3 is 2.85 bits per heavy atom. The third kappa shape index (κ3) is 2.16. The minimum absolute atomic E-state index is 0.171. The van der Waals surface area contributed by atoms with E-state index in [1.54, 1.807) is 5.10 Å². The molecule has 4 nitrogen and oxygen atoms in total. The molecule has 1 heterocycles. The second kappa shape index (κ2) is 3.40. The lowest BCUT2D eigenvalue weighted by atomic mass is 10.2. The van der Waals surface area contributed by atoms with E-state index in [4.69, 9.17) is 0 Å². The molecule has 0 bridgehead atoms. The molecule has 0 aromatic carbocycles. The number of nitrogens with one attached hydrogen (secondary N) is 1. The maximum absolute atomic E-state index is 12.1. The number of H-pyrrole nitrogens is 1. The summed E-state index contributed by atoms with van der Waals surface area (Å²) in [5.74, 6) is 0. The number of aromatic nitrogens is 2. The molecule has 1 aromatic rings. The minimum atomic E-state index is -4.50. The first-order chi connectivity index (χ1) is 6.05. The number of alkyl halides is 3. The van der Waals surface area contributed by atoms with Crippen LogP contribution in [0.25, 0.3) is 0 Å². The van der Waals surface area contributed by atoms with Gasteiger partial charge in [-0.25, -0.2) is 9.79 Å². The predicted molar refractivity (Wildman–Crippen MR) is 35.4 cm³/mol. The van der Waals surface area contributed by atoms with Crippen molar-refractivity contribution in [2.45, 2.75) is 12.7 Å². The van der Waals surface area contributed by atoms with Gasteiger partial charge in [0.2, 0.25) is 6.08 Å². The van der Waals surface area contributed by atoms with Gasteiger partial charge in [-0.2, -0.15) is 18.3 Å². The van der Waals surface area contributed by atoms with Crippen LogP contribution in [0, 0.1) is 0 Å². The Hall–Kier alpha value is -1.62. The van der Waals surface area contributed by atoms with Crippen LogP contribution < -0.4 is 0 Å². The zero-order chi connectivity index (χ0) is 9.90. The molecule has 13 heavy (non-hydrogen) atoms. The SMILES string of the molecule is O=C=NCc1cn[nH]c1C(F)(F)F. The van der Waals surface area contributed by atoms with Crippen LogP contribution in [0.2, 0.25) is 0 Å². The molecule has 0 fully saturated rings. The molecular formula is C6H4F3N3O. The largest absolute Gasteiger partial charge is 0.433 e. The van der Waals surface area contributed by atoms with Gasteiger partial charge in [-0.3, -0.25) is 5.10 Å². The number of aliphatic imine (C=N–C) groups is 1. The Morgan fingerprint density at radius 1 is 1.62 bits per heavy atom. The number of hydrogen-bond acceptors (Lipinski definition) is 3. The Labute approximate surface area is 70.5 Å². The molecule has 0 aliphatic heterocycles. The maximum Gasteiger partial charge on any atom is 0.433 e. The number of carbonyl (C=O) groups excluding carboxylic acids is 1. The van der Waals surface area contributed by atoms with Gasteiger partial charge >= 0.3 is 6.18 Å². The monoisotopic (exact) mass is 191 g/mol. The third-order valence-electron chi connectivity index (χ3n) is 1.32. The van der Waals surface area contributed by atoms with Crippen molar-refractivity contribution in [3.63, 3.8) is 0 Å². The van der Waals surface area contributed by atoms with Gasteiger partial charge in [0.15, 0.2) is 0 Å². The fourth-order valence-electron chi connectivity index (χ4n) is 0.794. The van der Waals surface area contributed by atoms with E-state index in [0.29, 0.717) is 0 Å². The lowest BCUT2D eigenvalue weighted by Gasteiger charge is -2.03. The summed E-state index contributed by atoms with van der Waals surface area (Å²) in [7, 11) is 0. The molecule has 0 aliphatic carbocycles. The van der Waals surface area contributed by atoms with Gasteiger partial charge in [-0.1, -0.05) is 0 Å². The van der Waals surface area contributed by atoms with Crippen molar-refractivity contribution < 1.29 is 18.0 Å². The van der Waals surface area contributed by atoms with Crippen molar-refractivity contribution in [3.8, 4) is 0 Å². The molecule has 0 radical (unpaired) electrons. The van der Waals surface area contributed by atoms with E-state index in [2.05, 4.69) is 10.1 Å². The summed E-state index contributed by atoms with van der Waals surface area (Å²) in [5, 5.41) is 5.00. The highest BCUT2D eigenvalue weighted by Gasteiger charge is 2.35. The summed E-state index contributed by atoms with van der Waals surface area (Å²) in [6.45, 7) is -0.366. The van der Waals surface area contributed by atoms with Crippen LogP contribution >= 0.6 is 0 Å². The highest BCUT2D eigenvalue weighted by Crippen LogP contribution is 2.30. The van der Waals surface area contributed by atoms with Crippen molar-refractivity contribution in [2.24, 2.45) is 4.99 Å². The molecule has 0 saturated heterocycles. The molecule has 1 N–H and O–H groups in total. The van der Waals surface area contributed by atoms with E-state index in [0.717, 1.165) is 12.3 Å². The average molecular weight is 191 g/mol. The topological polar surface area (TPSA) is 58.1 Å². The number of hydrogen-bond donors (Lipinski definition) is 1. The maximum atomic E-state index is 12.1. The van der Waals surface area contributed by atoms with Gasteiger partial charge in [-0.05, 0) is 0 Å². The Bertz CT molecular complexity index is 337. The number of isocyanates is 1. The second-order valence-corrected chi connectivity index (χ2v) is 2.18. The highest BCUT2D eigenvalue weighted by atomic mass is 19.4. The normalized spacial score (nSPS) is 11.0. The Balaban J connectivity index is 2.96. The van der Waals surface area contributed by atoms with E-state index in [1.807, 2.05) is 0 Å². The molecular weight excluding hydrogens is 187 g/mol. The minimum Gasteiger partial charge on any atom is -0.273 e. The number of halogens is 3. The van der Waals surface area contributed by atoms with Crippen molar-refractivity contribution in [1.82, 2.24) is 10.2 Å². The lowest BCUT2D eigenvalue weighted by molar-refractivity contribution is -0.141. The summed E-state index contributed by atoms with van der Waals surface area (Å²) in [6, 6.07) is 0. The standard InChI is InChI=1S/C6H4F3N3O/c7-6(8,9)5-4(1-10-3-13)2-11-12-5/h2H,1H2,(H,11,12).